The minimum Gasteiger partial charge on any atom is -0.387 e. The summed E-state index contributed by atoms with van der Waals surface area (Å²) in [6.45, 7) is 0.996. The van der Waals surface area contributed by atoms with E-state index in [1.54, 1.807) is 14.0 Å². The molecule has 0 aliphatic carbocycles. The molecule has 4 atom stereocenters. The molecule has 0 spiro atoms. The third-order valence-electron chi connectivity index (χ3n) is 4.05. The van der Waals surface area contributed by atoms with Crippen molar-refractivity contribution in [3.63, 3.8) is 0 Å². The lowest BCUT2D eigenvalue weighted by Crippen LogP contribution is -2.33. The summed E-state index contributed by atoms with van der Waals surface area (Å²) in [6, 6.07) is 0. The maximum absolute atomic E-state index is 12.2. The molecule has 12 nitrogen and oxygen atoms in total. The van der Waals surface area contributed by atoms with Crippen molar-refractivity contribution < 1.29 is 33.8 Å². The van der Waals surface area contributed by atoms with E-state index in [1.807, 2.05) is 0 Å². The van der Waals surface area contributed by atoms with Crippen LogP contribution < -0.4 is 5.56 Å². The number of aromatic nitrogens is 4. The predicted octanol–water partition coefficient (Wildman–Crippen LogP) is -1.83. The largest absolute Gasteiger partial charge is 0.469 e. The Balaban J connectivity index is 1.93. The molecule has 1 aliphatic rings. The second-order valence-electron chi connectivity index (χ2n) is 5.68. The quantitative estimate of drug-likeness (QED) is 0.445. The maximum Gasteiger partial charge on any atom is 0.469 e. The van der Waals surface area contributed by atoms with Crippen molar-refractivity contribution in [2.45, 2.75) is 31.5 Å². The molecule has 0 bridgehead atoms. The van der Waals surface area contributed by atoms with Crippen LogP contribution in [-0.4, -0.2) is 64.0 Å². The molecule has 2 aromatic rings. The molecular formula is C12H17N4O8P. The summed E-state index contributed by atoms with van der Waals surface area (Å²) in [5.74, 6) is 0.411. The van der Waals surface area contributed by atoms with E-state index in [2.05, 4.69) is 14.5 Å². The summed E-state index contributed by atoms with van der Waals surface area (Å²) in [4.78, 5) is 37.9. The zero-order chi connectivity index (χ0) is 18.5. The van der Waals surface area contributed by atoms with E-state index in [4.69, 9.17) is 14.5 Å². The molecule has 25 heavy (non-hydrogen) atoms. The fourth-order valence-electron chi connectivity index (χ4n) is 2.60. The van der Waals surface area contributed by atoms with Crippen LogP contribution in [0.3, 0.4) is 0 Å². The maximum atomic E-state index is 12.2. The van der Waals surface area contributed by atoms with Crippen molar-refractivity contribution in [2.24, 2.45) is 7.05 Å². The van der Waals surface area contributed by atoms with Gasteiger partial charge in [-0.25, -0.2) is 14.5 Å². The fourth-order valence-corrected chi connectivity index (χ4v) is 2.94. The van der Waals surface area contributed by atoms with Crippen molar-refractivity contribution in [3.8, 4) is 0 Å². The van der Waals surface area contributed by atoms with Crippen LogP contribution in [0.2, 0.25) is 0 Å². The third-order valence-corrected chi connectivity index (χ3v) is 4.53. The van der Waals surface area contributed by atoms with Gasteiger partial charge in [-0.15, -0.1) is 0 Å². The van der Waals surface area contributed by atoms with Crippen LogP contribution in [0, 0.1) is 6.92 Å². The molecule has 1 saturated heterocycles. The number of phosphoric ester groups is 1. The zero-order valence-electron chi connectivity index (χ0n) is 13.3. The number of rotatable bonds is 4. The van der Waals surface area contributed by atoms with Gasteiger partial charge in [0, 0.05) is 7.05 Å². The lowest BCUT2D eigenvalue weighted by Gasteiger charge is -2.17. The number of aliphatic hydroxyl groups excluding tert-OH is 2. The lowest BCUT2D eigenvalue weighted by molar-refractivity contribution is -0.0504. The van der Waals surface area contributed by atoms with E-state index in [1.165, 1.54) is 15.5 Å². The van der Waals surface area contributed by atoms with Crippen LogP contribution in [0.25, 0.3) is 11.2 Å². The van der Waals surface area contributed by atoms with Gasteiger partial charge in [0.1, 0.15) is 24.1 Å². The van der Waals surface area contributed by atoms with E-state index in [0.717, 1.165) is 0 Å². The predicted molar refractivity (Wildman–Crippen MR) is 81.4 cm³/mol. The Morgan fingerprint density at radius 3 is 2.68 bits per heavy atom. The SMILES string of the molecule is Cc1nc2c(ncn2C2O[C@H](COP(=O)(O)O)[C@@H](O)[C@H]2O)c(=O)n1C. The number of phosphoric acid groups is 1. The summed E-state index contributed by atoms with van der Waals surface area (Å²) in [7, 11) is -3.21. The van der Waals surface area contributed by atoms with E-state index in [9.17, 15) is 19.6 Å². The molecule has 3 heterocycles. The Bertz CT molecular complexity index is 904. The van der Waals surface area contributed by atoms with Crippen molar-refractivity contribution in [1.29, 1.82) is 0 Å². The molecule has 13 heteroatoms. The van der Waals surface area contributed by atoms with Gasteiger partial charge >= 0.3 is 7.82 Å². The molecule has 0 aromatic carbocycles. The van der Waals surface area contributed by atoms with Gasteiger partial charge in [0.25, 0.3) is 5.56 Å². The Morgan fingerprint density at radius 2 is 2.04 bits per heavy atom. The third kappa shape index (κ3) is 3.25. The van der Waals surface area contributed by atoms with Gasteiger partial charge in [0.05, 0.1) is 12.9 Å². The fraction of sp³-hybridized carbons (Fsp3) is 0.583. The van der Waals surface area contributed by atoms with Crippen molar-refractivity contribution in [3.05, 3.63) is 22.5 Å². The summed E-state index contributed by atoms with van der Waals surface area (Å²) in [5.41, 5.74) is -0.155. The molecule has 0 radical (unpaired) electrons. The average Bonchev–Trinajstić information content (AvgIpc) is 3.05. The summed E-state index contributed by atoms with van der Waals surface area (Å²) in [6.07, 6.45) is -3.98. The van der Waals surface area contributed by atoms with Crippen LogP contribution in [0.1, 0.15) is 12.1 Å². The van der Waals surface area contributed by atoms with Gasteiger partial charge in [-0.2, -0.15) is 0 Å². The molecular weight excluding hydrogens is 359 g/mol. The number of ether oxygens (including phenoxy) is 1. The first-order valence-corrected chi connectivity index (χ1v) is 8.75. The first-order valence-electron chi connectivity index (χ1n) is 7.22. The zero-order valence-corrected chi connectivity index (χ0v) is 14.1. The van der Waals surface area contributed by atoms with E-state index >= 15 is 0 Å². The van der Waals surface area contributed by atoms with Crippen molar-refractivity contribution >= 4 is 19.0 Å². The number of aliphatic hydroxyl groups is 2. The van der Waals surface area contributed by atoms with Crippen LogP contribution >= 0.6 is 7.82 Å². The molecule has 1 unspecified atom stereocenters. The number of aryl methyl sites for hydroxylation is 1. The standard InChI is InChI=1S/C12H17N4O8P/c1-5-14-10-7(11(19)15(5)2)13-4-16(10)12-9(18)8(17)6(24-12)3-23-25(20,21)22/h4,6,8-9,12,17-18H,3H2,1-2H3,(H2,20,21,22)/t6-,8-,9-,12?/m1/s1. The normalized spacial score (nSPS) is 27.3. The van der Waals surface area contributed by atoms with E-state index < -0.39 is 39.0 Å². The molecule has 0 amide bonds. The average molecular weight is 376 g/mol. The highest BCUT2D eigenvalue weighted by Gasteiger charge is 2.45. The van der Waals surface area contributed by atoms with Gasteiger partial charge in [0.2, 0.25) is 0 Å². The van der Waals surface area contributed by atoms with Crippen molar-refractivity contribution in [2.75, 3.05) is 6.61 Å². The molecule has 4 N–H and O–H groups in total. The van der Waals surface area contributed by atoms with Gasteiger partial charge < -0.3 is 24.7 Å². The second kappa shape index (κ2) is 6.25. The molecule has 138 valence electrons. The van der Waals surface area contributed by atoms with Gasteiger partial charge in [-0.3, -0.25) is 18.5 Å². The number of imidazole rings is 1. The summed E-state index contributed by atoms with van der Waals surface area (Å²) < 4.78 is 23.1. The lowest BCUT2D eigenvalue weighted by atomic mass is 10.1. The highest BCUT2D eigenvalue weighted by molar-refractivity contribution is 7.46. The summed E-state index contributed by atoms with van der Waals surface area (Å²) >= 11 is 0. The van der Waals surface area contributed by atoms with E-state index in [-0.39, 0.29) is 16.7 Å². The molecule has 3 rings (SSSR count). The Hall–Kier alpha value is -1.66. The van der Waals surface area contributed by atoms with E-state index in [0.29, 0.717) is 5.82 Å². The topological polar surface area (TPSA) is 169 Å². The molecule has 2 aromatic heterocycles. The smallest absolute Gasteiger partial charge is 0.387 e. The number of nitrogens with zero attached hydrogens (tertiary/aromatic N) is 4. The van der Waals surface area contributed by atoms with Crippen LogP contribution in [0.4, 0.5) is 0 Å². The van der Waals surface area contributed by atoms with Gasteiger partial charge in [-0.1, -0.05) is 0 Å². The number of fused-ring (bicyclic) bond motifs is 1. The first kappa shape index (κ1) is 18.1. The van der Waals surface area contributed by atoms with Gasteiger partial charge in [-0.05, 0) is 6.92 Å². The summed E-state index contributed by atoms with van der Waals surface area (Å²) in [5, 5.41) is 20.2. The highest BCUT2D eigenvalue weighted by atomic mass is 31.2. The minimum atomic E-state index is -4.75. The van der Waals surface area contributed by atoms with Crippen LogP contribution in [-0.2, 0) is 20.9 Å². The Labute approximate surface area is 140 Å². The number of hydrogen-bond donors (Lipinski definition) is 4. The first-order chi connectivity index (χ1) is 11.6. The van der Waals surface area contributed by atoms with Crippen LogP contribution in [0.5, 0.6) is 0 Å². The molecule has 0 saturated carbocycles. The van der Waals surface area contributed by atoms with Crippen molar-refractivity contribution in [1.82, 2.24) is 19.1 Å². The van der Waals surface area contributed by atoms with Crippen LogP contribution in [0.15, 0.2) is 11.1 Å². The van der Waals surface area contributed by atoms with Gasteiger partial charge in [0.15, 0.2) is 17.4 Å². The number of hydrogen-bond acceptors (Lipinski definition) is 8. The Kier molecular flexibility index (Phi) is 4.54. The Morgan fingerprint density at radius 1 is 1.36 bits per heavy atom. The monoisotopic (exact) mass is 376 g/mol. The second-order valence-corrected chi connectivity index (χ2v) is 6.92. The minimum absolute atomic E-state index is 0.0632. The molecule has 1 aliphatic heterocycles. The highest BCUT2D eigenvalue weighted by Crippen LogP contribution is 2.38. The molecule has 1 fully saturated rings.